The molecule has 0 atom stereocenters. The first-order valence-corrected chi connectivity index (χ1v) is 5.68. The highest BCUT2D eigenvalue weighted by molar-refractivity contribution is 6.08. The largest absolute Gasteiger partial charge is 0.481 e. The van der Waals surface area contributed by atoms with Crippen molar-refractivity contribution < 1.29 is 19.1 Å². The standard InChI is InChI=1S/C14H12FNO3/c1-8-6-12(16-11(8)7-13(17)18)14(19)9-2-4-10(15)5-3-9/h2-6,16H,7H2,1H3,(H,17,18). The molecule has 0 aliphatic rings. The number of ketones is 1. The van der Waals surface area contributed by atoms with Crippen LogP contribution in [0.4, 0.5) is 4.39 Å². The predicted molar refractivity (Wildman–Crippen MR) is 66.7 cm³/mol. The van der Waals surface area contributed by atoms with Crippen LogP contribution >= 0.6 is 0 Å². The second-order valence-electron chi connectivity index (χ2n) is 4.25. The number of aliphatic carboxylic acids is 1. The average Bonchev–Trinajstić information content (AvgIpc) is 2.70. The summed E-state index contributed by atoms with van der Waals surface area (Å²) in [5, 5.41) is 8.74. The van der Waals surface area contributed by atoms with E-state index in [1.54, 1.807) is 13.0 Å². The zero-order valence-electron chi connectivity index (χ0n) is 10.2. The summed E-state index contributed by atoms with van der Waals surface area (Å²) in [6.45, 7) is 1.73. The highest BCUT2D eigenvalue weighted by Crippen LogP contribution is 2.15. The number of hydrogen-bond acceptors (Lipinski definition) is 2. The number of carboxylic acid groups (broad SMARTS) is 1. The van der Waals surface area contributed by atoms with Gasteiger partial charge in [0, 0.05) is 11.3 Å². The number of carbonyl (C=O) groups excluding carboxylic acids is 1. The molecule has 5 heteroatoms. The molecule has 0 radical (unpaired) electrons. The lowest BCUT2D eigenvalue weighted by Crippen LogP contribution is -2.04. The van der Waals surface area contributed by atoms with E-state index in [4.69, 9.17) is 5.11 Å². The first-order chi connectivity index (χ1) is 8.97. The number of aryl methyl sites for hydroxylation is 1. The first kappa shape index (κ1) is 13.0. The Labute approximate surface area is 108 Å². The minimum atomic E-state index is -0.967. The van der Waals surface area contributed by atoms with Crippen molar-refractivity contribution in [3.8, 4) is 0 Å². The SMILES string of the molecule is Cc1cc(C(=O)c2ccc(F)cc2)[nH]c1CC(=O)O. The summed E-state index contributed by atoms with van der Waals surface area (Å²) in [5.41, 5.74) is 1.87. The number of carboxylic acids is 1. The zero-order chi connectivity index (χ0) is 14.0. The van der Waals surface area contributed by atoms with Gasteiger partial charge in [0.15, 0.2) is 0 Å². The van der Waals surface area contributed by atoms with Crippen LogP contribution in [0.15, 0.2) is 30.3 Å². The van der Waals surface area contributed by atoms with Crippen molar-refractivity contribution >= 4 is 11.8 Å². The van der Waals surface area contributed by atoms with Crippen LogP contribution in [0.2, 0.25) is 0 Å². The van der Waals surface area contributed by atoms with Crippen LogP contribution in [0.5, 0.6) is 0 Å². The van der Waals surface area contributed by atoms with Gasteiger partial charge in [0.25, 0.3) is 0 Å². The van der Waals surface area contributed by atoms with Crippen molar-refractivity contribution in [1.29, 1.82) is 0 Å². The summed E-state index contributed by atoms with van der Waals surface area (Å²) in [6.07, 6.45) is -0.164. The van der Waals surface area contributed by atoms with E-state index in [9.17, 15) is 14.0 Å². The van der Waals surface area contributed by atoms with Gasteiger partial charge >= 0.3 is 5.97 Å². The number of aromatic nitrogens is 1. The van der Waals surface area contributed by atoms with Gasteiger partial charge in [0.1, 0.15) is 5.82 Å². The summed E-state index contributed by atoms with van der Waals surface area (Å²) in [4.78, 5) is 25.6. The Morgan fingerprint density at radius 1 is 1.26 bits per heavy atom. The van der Waals surface area contributed by atoms with E-state index < -0.39 is 11.8 Å². The van der Waals surface area contributed by atoms with Crippen molar-refractivity contribution in [2.75, 3.05) is 0 Å². The fourth-order valence-corrected chi connectivity index (χ4v) is 1.81. The second kappa shape index (κ2) is 5.06. The zero-order valence-corrected chi connectivity index (χ0v) is 10.2. The minimum absolute atomic E-state index is 0.164. The number of H-pyrrole nitrogens is 1. The molecule has 2 rings (SSSR count). The van der Waals surface area contributed by atoms with Gasteiger partial charge in [-0.1, -0.05) is 0 Å². The minimum Gasteiger partial charge on any atom is -0.481 e. The first-order valence-electron chi connectivity index (χ1n) is 5.68. The van der Waals surface area contributed by atoms with Crippen LogP contribution < -0.4 is 0 Å². The average molecular weight is 261 g/mol. The molecular weight excluding hydrogens is 249 g/mol. The lowest BCUT2D eigenvalue weighted by atomic mass is 10.1. The molecule has 0 saturated carbocycles. The summed E-state index contributed by atoms with van der Waals surface area (Å²) >= 11 is 0. The lowest BCUT2D eigenvalue weighted by molar-refractivity contribution is -0.136. The molecule has 1 aromatic heterocycles. The highest BCUT2D eigenvalue weighted by Gasteiger charge is 2.15. The Morgan fingerprint density at radius 2 is 1.89 bits per heavy atom. The van der Waals surface area contributed by atoms with Crippen molar-refractivity contribution in [1.82, 2.24) is 4.98 Å². The molecule has 1 heterocycles. The Kier molecular flexibility index (Phi) is 3.46. The van der Waals surface area contributed by atoms with Gasteiger partial charge in [-0.25, -0.2) is 4.39 Å². The van der Waals surface area contributed by atoms with E-state index in [0.717, 1.165) is 0 Å². The number of benzene rings is 1. The molecule has 2 N–H and O–H groups in total. The van der Waals surface area contributed by atoms with Gasteiger partial charge in [-0.2, -0.15) is 0 Å². The van der Waals surface area contributed by atoms with Crippen LogP contribution in [-0.4, -0.2) is 21.8 Å². The van der Waals surface area contributed by atoms with Crippen molar-refractivity contribution in [2.45, 2.75) is 13.3 Å². The van der Waals surface area contributed by atoms with Gasteiger partial charge in [-0.15, -0.1) is 0 Å². The normalized spacial score (nSPS) is 10.4. The van der Waals surface area contributed by atoms with Gasteiger partial charge in [-0.3, -0.25) is 9.59 Å². The van der Waals surface area contributed by atoms with E-state index in [0.29, 0.717) is 22.5 Å². The molecule has 0 amide bonds. The van der Waals surface area contributed by atoms with E-state index in [1.807, 2.05) is 0 Å². The second-order valence-corrected chi connectivity index (χ2v) is 4.25. The molecule has 0 unspecified atom stereocenters. The third-order valence-electron chi connectivity index (χ3n) is 2.80. The van der Waals surface area contributed by atoms with E-state index in [2.05, 4.69) is 4.98 Å². The van der Waals surface area contributed by atoms with E-state index in [-0.39, 0.29) is 12.2 Å². The molecule has 0 aliphatic heterocycles. The lowest BCUT2D eigenvalue weighted by Gasteiger charge is -1.98. The molecule has 0 spiro atoms. The summed E-state index contributed by atoms with van der Waals surface area (Å²) in [7, 11) is 0. The fourth-order valence-electron chi connectivity index (χ4n) is 1.81. The smallest absolute Gasteiger partial charge is 0.309 e. The Hall–Kier alpha value is -2.43. The monoisotopic (exact) mass is 261 g/mol. The molecular formula is C14H12FNO3. The number of aromatic amines is 1. The molecule has 1 aromatic carbocycles. The summed E-state index contributed by atoms with van der Waals surface area (Å²) < 4.78 is 12.8. The maximum absolute atomic E-state index is 12.8. The molecule has 0 saturated heterocycles. The van der Waals surface area contributed by atoms with Crippen molar-refractivity contribution in [3.63, 3.8) is 0 Å². The number of rotatable bonds is 4. The van der Waals surface area contributed by atoms with Crippen LogP contribution in [0.25, 0.3) is 0 Å². The molecule has 0 aliphatic carbocycles. The molecule has 0 bridgehead atoms. The molecule has 4 nitrogen and oxygen atoms in total. The summed E-state index contributed by atoms with van der Waals surface area (Å²) in [6, 6.07) is 6.81. The van der Waals surface area contributed by atoms with Crippen LogP contribution in [0.3, 0.4) is 0 Å². The summed E-state index contributed by atoms with van der Waals surface area (Å²) in [5.74, 6) is -1.67. The fraction of sp³-hybridized carbons (Fsp3) is 0.143. The quantitative estimate of drug-likeness (QED) is 0.830. The maximum atomic E-state index is 12.8. The molecule has 2 aromatic rings. The van der Waals surface area contributed by atoms with Gasteiger partial charge in [0.2, 0.25) is 5.78 Å². The van der Waals surface area contributed by atoms with Crippen LogP contribution in [-0.2, 0) is 11.2 Å². The van der Waals surface area contributed by atoms with E-state index in [1.165, 1.54) is 24.3 Å². The topological polar surface area (TPSA) is 70.2 Å². The number of halogens is 1. The number of hydrogen-bond donors (Lipinski definition) is 2. The number of nitrogens with one attached hydrogen (secondary N) is 1. The molecule has 0 fully saturated rings. The van der Waals surface area contributed by atoms with Gasteiger partial charge in [0.05, 0.1) is 12.1 Å². The van der Waals surface area contributed by atoms with E-state index >= 15 is 0 Å². The van der Waals surface area contributed by atoms with Crippen molar-refractivity contribution in [3.05, 3.63) is 58.7 Å². The molecule has 98 valence electrons. The van der Waals surface area contributed by atoms with Crippen LogP contribution in [0, 0.1) is 12.7 Å². The highest BCUT2D eigenvalue weighted by atomic mass is 19.1. The predicted octanol–water partition coefficient (Wildman–Crippen LogP) is 2.32. The van der Waals surface area contributed by atoms with Gasteiger partial charge < -0.3 is 10.1 Å². The van der Waals surface area contributed by atoms with Crippen LogP contribution in [0.1, 0.15) is 27.3 Å². The third kappa shape index (κ3) is 2.88. The Bertz CT molecular complexity index is 629. The third-order valence-corrected chi connectivity index (χ3v) is 2.80. The maximum Gasteiger partial charge on any atom is 0.309 e. The molecule has 19 heavy (non-hydrogen) atoms. The number of carbonyl (C=O) groups is 2. The Morgan fingerprint density at radius 3 is 2.47 bits per heavy atom. The van der Waals surface area contributed by atoms with Gasteiger partial charge in [-0.05, 0) is 42.8 Å². The van der Waals surface area contributed by atoms with Crippen molar-refractivity contribution in [2.24, 2.45) is 0 Å². The Balaban J connectivity index is 2.29.